The van der Waals surface area contributed by atoms with E-state index in [0.29, 0.717) is 24.1 Å². The number of pyridine rings is 1. The molecule has 0 radical (unpaired) electrons. The highest BCUT2D eigenvalue weighted by molar-refractivity contribution is 5.80. The van der Waals surface area contributed by atoms with Crippen LogP contribution in [0.4, 0.5) is 0 Å². The Bertz CT molecular complexity index is 1650. The fourth-order valence-corrected chi connectivity index (χ4v) is 6.46. The van der Waals surface area contributed by atoms with E-state index in [1.54, 1.807) is 6.20 Å². The van der Waals surface area contributed by atoms with Crippen LogP contribution in [0.25, 0.3) is 11.3 Å². The highest BCUT2D eigenvalue weighted by atomic mass is 16.7. The summed E-state index contributed by atoms with van der Waals surface area (Å²) in [6, 6.07) is 13.9. The van der Waals surface area contributed by atoms with Gasteiger partial charge in [0.05, 0.1) is 12.2 Å². The Hall–Kier alpha value is -4.30. The van der Waals surface area contributed by atoms with Crippen molar-refractivity contribution in [3.8, 4) is 23.2 Å². The molecule has 3 aliphatic rings. The molecule has 2 N–H and O–H groups in total. The summed E-state index contributed by atoms with van der Waals surface area (Å²) in [4.78, 5) is 22.9. The van der Waals surface area contributed by atoms with E-state index in [1.165, 1.54) is 0 Å². The van der Waals surface area contributed by atoms with Gasteiger partial charge in [-0.25, -0.2) is 4.98 Å². The van der Waals surface area contributed by atoms with E-state index < -0.39 is 0 Å². The van der Waals surface area contributed by atoms with Gasteiger partial charge in [0.1, 0.15) is 17.6 Å². The van der Waals surface area contributed by atoms with Crippen molar-refractivity contribution < 1.29 is 18.8 Å². The molecule has 10 heteroatoms. The Morgan fingerprint density at radius 3 is 2.57 bits per heavy atom. The molecule has 1 saturated carbocycles. The van der Waals surface area contributed by atoms with E-state index in [-0.39, 0.29) is 24.2 Å². The Morgan fingerprint density at radius 1 is 1.05 bits per heavy atom. The van der Waals surface area contributed by atoms with Gasteiger partial charge in [-0.1, -0.05) is 17.0 Å². The molecule has 2 saturated heterocycles. The molecule has 3 unspecified atom stereocenters. The van der Waals surface area contributed by atoms with Gasteiger partial charge >= 0.3 is 0 Å². The molecule has 1 aliphatic carbocycles. The molecular weight excluding hydrogens is 556 g/mol. The van der Waals surface area contributed by atoms with Gasteiger partial charge in [-0.05, 0) is 74.4 Å². The van der Waals surface area contributed by atoms with Crippen LogP contribution in [0.5, 0.6) is 0 Å². The molecule has 10 nitrogen and oxygen atoms in total. The number of piperidine rings is 1. The zero-order chi connectivity index (χ0) is 30.0. The summed E-state index contributed by atoms with van der Waals surface area (Å²) in [6.45, 7) is 5.90. The summed E-state index contributed by atoms with van der Waals surface area (Å²) in [5.74, 6) is 8.74. The highest BCUT2D eigenvalue weighted by Crippen LogP contribution is 2.51. The number of ether oxygens (including phenoxy) is 2. The second-order valence-electron chi connectivity index (χ2n) is 12.0. The third kappa shape index (κ3) is 6.31. The molecular formula is C34H36N6O4. The summed E-state index contributed by atoms with van der Waals surface area (Å²) in [5, 5.41) is 4.29. The lowest BCUT2D eigenvalue weighted by Gasteiger charge is -2.26. The number of fused-ring (bicyclic) bond motifs is 1. The number of carbonyl (C=O) groups is 1. The van der Waals surface area contributed by atoms with Crippen LogP contribution >= 0.6 is 0 Å². The van der Waals surface area contributed by atoms with Crippen LogP contribution in [0.1, 0.15) is 60.6 Å². The molecule has 5 heterocycles. The number of nitrogens with two attached hydrogens (primary N) is 1. The van der Waals surface area contributed by atoms with Crippen LogP contribution in [-0.2, 0) is 27.4 Å². The predicted octanol–water partition coefficient (Wildman–Crippen LogP) is 4.15. The summed E-state index contributed by atoms with van der Waals surface area (Å²) >= 11 is 0. The van der Waals surface area contributed by atoms with Gasteiger partial charge in [-0.3, -0.25) is 14.7 Å². The highest BCUT2D eigenvalue weighted by Gasteiger charge is 2.58. The number of imidazole rings is 1. The van der Waals surface area contributed by atoms with Crippen LogP contribution in [0, 0.1) is 29.6 Å². The second kappa shape index (κ2) is 12.4. The zero-order valence-corrected chi connectivity index (χ0v) is 24.8. The fourth-order valence-electron chi connectivity index (χ4n) is 6.46. The average Bonchev–Trinajstić information content (AvgIpc) is 3.46. The lowest BCUT2D eigenvalue weighted by molar-refractivity contribution is -0.188. The van der Waals surface area contributed by atoms with Crippen LogP contribution in [-0.4, -0.2) is 56.5 Å². The number of nitrogens with zero attached hydrogens (tertiary/aromatic N) is 5. The SMILES string of the molecule is C[C@H](OC1CCCCO1)c1nccn1Cc1cc(-c2ccc(C#Cc3ccc(CN4CC5C(C4)C5C(N)=O)nc3)cc2)on1. The Balaban J connectivity index is 0.924. The van der Waals surface area contributed by atoms with E-state index >= 15 is 0 Å². The Morgan fingerprint density at radius 2 is 1.84 bits per heavy atom. The molecule has 1 aromatic carbocycles. The van der Waals surface area contributed by atoms with Crippen molar-refractivity contribution >= 4 is 5.91 Å². The maximum atomic E-state index is 11.4. The van der Waals surface area contributed by atoms with Gasteiger partial charge < -0.3 is 24.3 Å². The number of benzene rings is 1. The summed E-state index contributed by atoms with van der Waals surface area (Å²) in [5.41, 5.74) is 9.96. The lowest BCUT2D eigenvalue weighted by Crippen LogP contribution is -2.28. The summed E-state index contributed by atoms with van der Waals surface area (Å²) in [6.07, 6.45) is 8.28. The smallest absolute Gasteiger partial charge is 0.221 e. The quantitative estimate of drug-likeness (QED) is 0.288. The number of hydrogen-bond donors (Lipinski definition) is 1. The molecule has 3 fully saturated rings. The largest absolute Gasteiger partial charge is 0.369 e. The van der Waals surface area contributed by atoms with Crippen molar-refractivity contribution in [2.24, 2.45) is 23.5 Å². The molecule has 226 valence electrons. The number of amides is 1. The lowest BCUT2D eigenvalue weighted by atomic mass is 10.1. The molecule has 44 heavy (non-hydrogen) atoms. The number of primary amides is 1. The monoisotopic (exact) mass is 592 g/mol. The molecule has 1 amide bonds. The molecule has 2 aliphatic heterocycles. The number of likely N-dealkylation sites (tertiary alicyclic amines) is 1. The first-order valence-corrected chi connectivity index (χ1v) is 15.3. The average molecular weight is 593 g/mol. The minimum absolute atomic E-state index is 0.0808. The topological polar surface area (TPSA) is 122 Å². The van der Waals surface area contributed by atoms with Gasteiger partial charge in [-0.2, -0.15) is 0 Å². The summed E-state index contributed by atoms with van der Waals surface area (Å²) in [7, 11) is 0. The van der Waals surface area contributed by atoms with E-state index in [0.717, 1.165) is 79.4 Å². The Labute approximate surface area is 256 Å². The first-order valence-electron chi connectivity index (χ1n) is 15.3. The first-order chi connectivity index (χ1) is 21.5. The van der Waals surface area contributed by atoms with E-state index in [2.05, 4.69) is 31.9 Å². The van der Waals surface area contributed by atoms with Crippen molar-refractivity contribution in [3.05, 3.63) is 89.4 Å². The minimum Gasteiger partial charge on any atom is -0.369 e. The van der Waals surface area contributed by atoms with Crippen molar-refractivity contribution in [1.29, 1.82) is 0 Å². The third-order valence-corrected chi connectivity index (χ3v) is 8.83. The molecule has 7 rings (SSSR count). The van der Waals surface area contributed by atoms with Gasteiger partial charge in [-0.15, -0.1) is 0 Å². The third-order valence-electron chi connectivity index (χ3n) is 8.83. The first kappa shape index (κ1) is 28.5. The maximum Gasteiger partial charge on any atom is 0.221 e. The number of aromatic nitrogens is 4. The van der Waals surface area contributed by atoms with Crippen molar-refractivity contribution in [1.82, 2.24) is 24.6 Å². The van der Waals surface area contributed by atoms with E-state index in [1.807, 2.05) is 66.3 Å². The van der Waals surface area contributed by atoms with Crippen LogP contribution < -0.4 is 5.73 Å². The van der Waals surface area contributed by atoms with Gasteiger partial charge in [0, 0.05) is 73.5 Å². The Kier molecular flexibility index (Phi) is 8.00. The normalized spacial score (nSPS) is 23.5. The predicted molar refractivity (Wildman–Crippen MR) is 162 cm³/mol. The molecule has 0 spiro atoms. The summed E-state index contributed by atoms with van der Waals surface area (Å²) < 4.78 is 19.5. The second-order valence-corrected chi connectivity index (χ2v) is 12.0. The zero-order valence-electron chi connectivity index (χ0n) is 24.8. The van der Waals surface area contributed by atoms with Gasteiger partial charge in [0.15, 0.2) is 12.1 Å². The van der Waals surface area contributed by atoms with Crippen molar-refractivity contribution in [3.63, 3.8) is 0 Å². The maximum absolute atomic E-state index is 11.4. The van der Waals surface area contributed by atoms with E-state index in [4.69, 9.17) is 19.7 Å². The van der Waals surface area contributed by atoms with Crippen LogP contribution in [0.15, 0.2) is 65.6 Å². The molecule has 3 aromatic heterocycles. The van der Waals surface area contributed by atoms with Crippen molar-refractivity contribution in [2.45, 2.75) is 51.7 Å². The number of hydrogen-bond acceptors (Lipinski definition) is 8. The minimum atomic E-state index is -0.193. The van der Waals surface area contributed by atoms with Gasteiger partial charge in [0.25, 0.3) is 0 Å². The molecule has 4 aromatic rings. The molecule has 4 atom stereocenters. The van der Waals surface area contributed by atoms with Crippen molar-refractivity contribution in [2.75, 3.05) is 19.7 Å². The number of carbonyl (C=O) groups excluding carboxylic acids is 1. The standard InChI is InChI=1S/C34H36N6O4/c1-22(43-31-4-2-3-15-42-31)34-36-13-14-40(34)19-27-16-30(44-38-27)25-10-7-23(8-11-25)5-6-24-9-12-26(37-17-24)18-39-20-28-29(21-39)32(28)33(35)41/h7-14,16-17,22,28-29,31-32H,2-4,15,18-21H2,1H3,(H2,35,41)/t22-,28?,29?,31?,32?/m0/s1. The van der Waals surface area contributed by atoms with Crippen LogP contribution in [0.2, 0.25) is 0 Å². The van der Waals surface area contributed by atoms with Crippen LogP contribution in [0.3, 0.4) is 0 Å². The molecule has 0 bridgehead atoms. The van der Waals surface area contributed by atoms with Gasteiger partial charge in [0.2, 0.25) is 5.91 Å². The fraction of sp³-hybridized carbons (Fsp3) is 0.412. The van der Waals surface area contributed by atoms with E-state index in [9.17, 15) is 4.79 Å². The number of rotatable bonds is 9.